The Kier molecular flexibility index (Phi) is 5.27. The molecule has 0 saturated heterocycles. The third-order valence-corrected chi connectivity index (χ3v) is 3.90. The van der Waals surface area contributed by atoms with Gasteiger partial charge < -0.3 is 10.6 Å². The number of carbonyl (C=O) groups excluding carboxylic acids is 1. The van der Waals surface area contributed by atoms with Crippen LogP contribution in [0.15, 0.2) is 54.7 Å². The topological polar surface area (TPSA) is 66.9 Å². The zero-order valence-corrected chi connectivity index (χ0v) is 15.2. The molecule has 5 nitrogen and oxygen atoms in total. The van der Waals surface area contributed by atoms with Crippen LogP contribution in [-0.2, 0) is 6.54 Å². The van der Waals surface area contributed by atoms with Crippen molar-refractivity contribution in [2.75, 3.05) is 5.32 Å². The summed E-state index contributed by atoms with van der Waals surface area (Å²) < 4.78 is 0. The van der Waals surface area contributed by atoms with Gasteiger partial charge in [-0.1, -0.05) is 35.9 Å². The molecule has 5 heteroatoms. The average molecular weight is 346 g/mol. The zero-order valence-electron chi connectivity index (χ0n) is 15.2. The molecule has 0 fully saturated rings. The van der Waals surface area contributed by atoms with Gasteiger partial charge in [-0.25, -0.2) is 9.97 Å². The van der Waals surface area contributed by atoms with Crippen molar-refractivity contribution in [3.63, 3.8) is 0 Å². The molecule has 0 spiro atoms. The van der Waals surface area contributed by atoms with Gasteiger partial charge in [0, 0.05) is 18.4 Å². The van der Waals surface area contributed by atoms with Crippen LogP contribution in [0.1, 0.15) is 32.7 Å². The van der Waals surface area contributed by atoms with Crippen LogP contribution in [-0.4, -0.2) is 15.9 Å². The highest BCUT2D eigenvalue weighted by atomic mass is 16.1. The second-order valence-electron chi connectivity index (χ2n) is 6.44. The normalized spacial score (nSPS) is 10.4. The molecule has 0 unspecified atom stereocenters. The van der Waals surface area contributed by atoms with Crippen LogP contribution < -0.4 is 10.6 Å². The lowest BCUT2D eigenvalue weighted by Gasteiger charge is -2.09. The fourth-order valence-corrected chi connectivity index (χ4v) is 2.82. The maximum absolute atomic E-state index is 12.4. The maximum Gasteiger partial charge on any atom is 0.270 e. The van der Waals surface area contributed by atoms with Crippen molar-refractivity contribution < 1.29 is 4.79 Å². The Balaban J connectivity index is 1.69. The predicted octanol–water partition coefficient (Wildman–Crippen LogP) is 4.08. The first-order valence-electron chi connectivity index (χ1n) is 8.52. The molecule has 0 aliphatic carbocycles. The number of carbonyl (C=O) groups is 1. The summed E-state index contributed by atoms with van der Waals surface area (Å²) in [5.41, 5.74) is 5.76. The summed E-state index contributed by atoms with van der Waals surface area (Å²) in [6, 6.07) is 15.8. The molecule has 2 N–H and O–H groups in total. The van der Waals surface area contributed by atoms with Crippen molar-refractivity contribution in [3.05, 3.63) is 82.7 Å². The van der Waals surface area contributed by atoms with Gasteiger partial charge in [0.05, 0.1) is 0 Å². The van der Waals surface area contributed by atoms with E-state index < -0.39 is 0 Å². The van der Waals surface area contributed by atoms with Crippen molar-refractivity contribution >= 4 is 17.5 Å². The molecule has 1 heterocycles. The minimum Gasteiger partial charge on any atom is -0.347 e. The van der Waals surface area contributed by atoms with Crippen molar-refractivity contribution in [2.45, 2.75) is 27.3 Å². The van der Waals surface area contributed by atoms with Gasteiger partial charge in [0.2, 0.25) is 5.95 Å². The molecule has 26 heavy (non-hydrogen) atoms. The Morgan fingerprint density at radius 1 is 0.962 bits per heavy atom. The van der Waals surface area contributed by atoms with Gasteiger partial charge in [0.25, 0.3) is 5.91 Å². The number of hydrogen-bond acceptors (Lipinski definition) is 4. The van der Waals surface area contributed by atoms with Gasteiger partial charge in [0.1, 0.15) is 5.69 Å². The summed E-state index contributed by atoms with van der Waals surface area (Å²) >= 11 is 0. The molecule has 3 rings (SSSR count). The number of rotatable bonds is 5. The van der Waals surface area contributed by atoms with Crippen molar-refractivity contribution in [3.8, 4) is 0 Å². The molecular formula is C21H22N4O. The third-order valence-electron chi connectivity index (χ3n) is 3.90. The van der Waals surface area contributed by atoms with E-state index in [4.69, 9.17) is 0 Å². The molecule has 1 amide bonds. The summed E-state index contributed by atoms with van der Waals surface area (Å²) in [6.45, 7) is 6.56. The number of hydrogen-bond donors (Lipinski definition) is 2. The summed E-state index contributed by atoms with van der Waals surface area (Å²) in [5.74, 6) is 0.176. The molecule has 0 atom stereocenters. The summed E-state index contributed by atoms with van der Waals surface area (Å²) in [6.07, 6.45) is 1.58. The number of anilines is 2. The lowest BCUT2D eigenvalue weighted by atomic mass is 10.1. The van der Waals surface area contributed by atoms with Crippen LogP contribution in [0.2, 0.25) is 0 Å². The zero-order chi connectivity index (χ0) is 18.5. The van der Waals surface area contributed by atoms with E-state index in [-0.39, 0.29) is 5.91 Å². The monoisotopic (exact) mass is 346 g/mol. The molecule has 0 saturated carbocycles. The van der Waals surface area contributed by atoms with Crippen molar-refractivity contribution in [1.82, 2.24) is 15.3 Å². The van der Waals surface area contributed by atoms with Crippen LogP contribution in [0, 0.1) is 20.8 Å². The van der Waals surface area contributed by atoms with Gasteiger partial charge in [0.15, 0.2) is 0 Å². The van der Waals surface area contributed by atoms with Crippen LogP contribution in [0.4, 0.5) is 11.6 Å². The summed E-state index contributed by atoms with van der Waals surface area (Å²) in [4.78, 5) is 20.9. The van der Waals surface area contributed by atoms with Crippen LogP contribution in [0.5, 0.6) is 0 Å². The van der Waals surface area contributed by atoms with E-state index in [0.29, 0.717) is 18.2 Å². The largest absolute Gasteiger partial charge is 0.347 e. The van der Waals surface area contributed by atoms with Gasteiger partial charge in [-0.2, -0.15) is 0 Å². The molecule has 3 aromatic rings. The smallest absolute Gasteiger partial charge is 0.270 e. The molecular weight excluding hydrogens is 324 g/mol. The highest BCUT2D eigenvalue weighted by molar-refractivity contribution is 5.92. The maximum atomic E-state index is 12.4. The number of benzene rings is 2. The number of amides is 1. The van der Waals surface area contributed by atoms with Crippen LogP contribution in [0.25, 0.3) is 0 Å². The number of aryl methyl sites for hydroxylation is 3. The van der Waals surface area contributed by atoms with E-state index in [1.54, 1.807) is 12.3 Å². The Labute approximate surface area is 153 Å². The SMILES string of the molecule is Cc1cccc(CNC(=O)c2ccnc(Nc3cc(C)cc(C)c3)n2)c1. The van der Waals surface area contributed by atoms with Gasteiger partial charge in [-0.05, 0) is 55.7 Å². The first-order valence-corrected chi connectivity index (χ1v) is 8.52. The lowest BCUT2D eigenvalue weighted by molar-refractivity contribution is 0.0946. The van der Waals surface area contributed by atoms with Crippen LogP contribution >= 0.6 is 0 Å². The Morgan fingerprint density at radius 2 is 1.73 bits per heavy atom. The number of nitrogens with zero attached hydrogens (tertiary/aromatic N) is 2. The molecule has 0 bridgehead atoms. The third kappa shape index (κ3) is 4.66. The summed E-state index contributed by atoms with van der Waals surface area (Å²) in [7, 11) is 0. The first kappa shape index (κ1) is 17.6. The van der Waals surface area contributed by atoms with Crippen molar-refractivity contribution in [1.29, 1.82) is 0 Å². The van der Waals surface area contributed by atoms with E-state index in [0.717, 1.165) is 22.4 Å². The van der Waals surface area contributed by atoms with Gasteiger partial charge >= 0.3 is 0 Å². The molecule has 0 aliphatic heterocycles. The first-order chi connectivity index (χ1) is 12.5. The van der Waals surface area contributed by atoms with Gasteiger partial charge in [-0.3, -0.25) is 4.79 Å². The van der Waals surface area contributed by atoms with E-state index >= 15 is 0 Å². The van der Waals surface area contributed by atoms with Gasteiger partial charge in [-0.15, -0.1) is 0 Å². The highest BCUT2D eigenvalue weighted by Crippen LogP contribution is 2.17. The fourth-order valence-electron chi connectivity index (χ4n) is 2.82. The van der Waals surface area contributed by atoms with E-state index in [9.17, 15) is 4.79 Å². The van der Waals surface area contributed by atoms with Crippen LogP contribution in [0.3, 0.4) is 0 Å². The number of aromatic nitrogens is 2. The fraction of sp³-hybridized carbons (Fsp3) is 0.190. The second-order valence-corrected chi connectivity index (χ2v) is 6.44. The van der Waals surface area contributed by atoms with E-state index in [1.165, 1.54) is 5.56 Å². The standard InChI is InChI=1S/C21H22N4O/c1-14-5-4-6-17(10-14)13-23-20(26)19-7-8-22-21(25-19)24-18-11-15(2)9-16(3)12-18/h4-12H,13H2,1-3H3,(H,23,26)(H,22,24,25). The minimum absolute atomic E-state index is 0.225. The molecule has 1 aromatic heterocycles. The lowest BCUT2D eigenvalue weighted by Crippen LogP contribution is -2.24. The summed E-state index contributed by atoms with van der Waals surface area (Å²) in [5, 5.41) is 6.05. The molecule has 0 aliphatic rings. The molecule has 0 radical (unpaired) electrons. The highest BCUT2D eigenvalue weighted by Gasteiger charge is 2.09. The Morgan fingerprint density at radius 3 is 2.46 bits per heavy atom. The average Bonchev–Trinajstić information content (AvgIpc) is 2.59. The van der Waals surface area contributed by atoms with Crippen molar-refractivity contribution in [2.24, 2.45) is 0 Å². The second kappa shape index (κ2) is 7.78. The molecule has 132 valence electrons. The Hall–Kier alpha value is -3.21. The predicted molar refractivity (Wildman–Crippen MR) is 104 cm³/mol. The minimum atomic E-state index is -0.225. The van der Waals surface area contributed by atoms with E-state index in [2.05, 4.69) is 26.7 Å². The van der Waals surface area contributed by atoms with E-state index in [1.807, 2.05) is 57.2 Å². The Bertz CT molecular complexity index is 917. The quantitative estimate of drug-likeness (QED) is 0.731. The number of nitrogens with one attached hydrogen (secondary N) is 2. The molecule has 2 aromatic carbocycles.